The second-order valence-electron chi connectivity index (χ2n) is 4.99. The summed E-state index contributed by atoms with van der Waals surface area (Å²) in [6.07, 6.45) is 1.93. The molecule has 0 aliphatic carbocycles. The van der Waals surface area contributed by atoms with Gasteiger partial charge in [-0.15, -0.1) is 0 Å². The number of amides is 1. The number of nitrogens with one attached hydrogen (secondary N) is 2. The van der Waals surface area contributed by atoms with E-state index >= 15 is 0 Å². The van der Waals surface area contributed by atoms with Crippen LogP contribution in [0.25, 0.3) is 10.9 Å². The van der Waals surface area contributed by atoms with Crippen LogP contribution in [0.15, 0.2) is 30.5 Å². The highest BCUT2D eigenvalue weighted by Crippen LogP contribution is 2.19. The van der Waals surface area contributed by atoms with Gasteiger partial charge >= 0.3 is 15.2 Å². The fourth-order valence-electron chi connectivity index (χ4n) is 2.20. The lowest BCUT2D eigenvalue weighted by Crippen LogP contribution is -2.34. The summed E-state index contributed by atoms with van der Waals surface area (Å²) in [6, 6.07) is 7.76. The summed E-state index contributed by atoms with van der Waals surface area (Å²) < 4.78 is 34.4. The first-order valence-electron chi connectivity index (χ1n) is 6.95. The normalized spacial score (nSPS) is 13.0. The summed E-state index contributed by atoms with van der Waals surface area (Å²) >= 11 is 0. The zero-order chi connectivity index (χ0) is 16.9. The first-order chi connectivity index (χ1) is 10.8. The molecule has 0 fully saturated rings. The number of hydrogen-bond donors (Lipinski definition) is 3. The Morgan fingerprint density at radius 3 is 2.91 bits per heavy atom. The SMILES string of the molecule is C[C@@H](Cc1c[nH]c2ccccc12)NC(=O)OCCSS(=O)(=O)O. The van der Waals surface area contributed by atoms with E-state index in [0.717, 1.165) is 16.5 Å². The Bertz CT molecular complexity index is 772. The molecule has 2 rings (SSSR count). The van der Waals surface area contributed by atoms with Crippen molar-refractivity contribution in [3.05, 3.63) is 36.0 Å². The number of rotatable bonds is 7. The summed E-state index contributed by atoms with van der Waals surface area (Å²) in [7, 11) is -3.78. The molecule has 1 amide bonds. The first-order valence-corrected chi connectivity index (χ1v) is 9.89. The molecule has 9 heteroatoms. The number of H-pyrrole nitrogens is 1. The molecule has 126 valence electrons. The van der Waals surface area contributed by atoms with Crippen molar-refractivity contribution in [2.24, 2.45) is 0 Å². The van der Waals surface area contributed by atoms with E-state index in [9.17, 15) is 13.2 Å². The van der Waals surface area contributed by atoms with Gasteiger partial charge in [0.15, 0.2) is 0 Å². The third-order valence-corrected chi connectivity index (χ3v) is 5.14. The highest BCUT2D eigenvalue weighted by atomic mass is 33.1. The summed E-state index contributed by atoms with van der Waals surface area (Å²) in [6.45, 7) is 1.76. The summed E-state index contributed by atoms with van der Waals surface area (Å²) in [4.78, 5) is 14.8. The van der Waals surface area contributed by atoms with Crippen LogP contribution in [0, 0.1) is 0 Å². The third-order valence-electron chi connectivity index (χ3n) is 3.11. The zero-order valence-electron chi connectivity index (χ0n) is 12.5. The van der Waals surface area contributed by atoms with Crippen LogP contribution in [0.4, 0.5) is 4.79 Å². The quantitative estimate of drug-likeness (QED) is 0.398. The molecule has 0 unspecified atom stereocenters. The van der Waals surface area contributed by atoms with Crippen molar-refractivity contribution in [3.63, 3.8) is 0 Å². The molecule has 1 heterocycles. The summed E-state index contributed by atoms with van der Waals surface area (Å²) in [5, 5.41) is 3.79. The van der Waals surface area contributed by atoms with Crippen molar-refractivity contribution in [1.82, 2.24) is 10.3 Å². The number of hydrogen-bond acceptors (Lipinski definition) is 5. The second kappa shape index (κ2) is 7.71. The van der Waals surface area contributed by atoms with Crippen LogP contribution >= 0.6 is 10.8 Å². The van der Waals surface area contributed by atoms with Gasteiger partial charge in [0, 0.05) is 39.7 Å². The number of carbonyl (C=O) groups is 1. The molecule has 0 radical (unpaired) electrons. The van der Waals surface area contributed by atoms with Gasteiger partial charge in [0.05, 0.1) is 0 Å². The molecule has 0 bridgehead atoms. The van der Waals surface area contributed by atoms with Crippen molar-refractivity contribution < 1.29 is 22.5 Å². The highest BCUT2D eigenvalue weighted by Gasteiger charge is 2.12. The maximum absolute atomic E-state index is 11.6. The molecule has 3 N–H and O–H groups in total. The minimum atomic E-state index is -4.10. The zero-order valence-corrected chi connectivity index (χ0v) is 14.1. The van der Waals surface area contributed by atoms with Crippen LogP contribution in [0.3, 0.4) is 0 Å². The van der Waals surface area contributed by atoms with Crippen LogP contribution in [0.1, 0.15) is 12.5 Å². The van der Waals surface area contributed by atoms with Crippen LogP contribution in [0.5, 0.6) is 0 Å². The van der Waals surface area contributed by atoms with Gasteiger partial charge in [0.25, 0.3) is 0 Å². The van der Waals surface area contributed by atoms with E-state index in [-0.39, 0.29) is 18.4 Å². The Hall–Kier alpha value is -1.71. The van der Waals surface area contributed by atoms with Gasteiger partial charge in [-0.25, -0.2) is 4.79 Å². The van der Waals surface area contributed by atoms with Crippen LogP contribution in [0.2, 0.25) is 0 Å². The van der Waals surface area contributed by atoms with E-state index in [1.807, 2.05) is 37.4 Å². The van der Waals surface area contributed by atoms with Gasteiger partial charge in [-0.05, 0) is 25.0 Å². The molecular formula is C14H18N2O5S2. The molecule has 2 aromatic rings. The standard InChI is InChI=1S/C14H18N2O5S2/c1-10(16-14(17)21-6-7-22-23(18,19)20)8-11-9-15-13-5-3-2-4-12(11)13/h2-5,9-10,15H,6-8H2,1H3,(H,16,17)(H,18,19,20)/t10-/m0/s1. The molecule has 0 aliphatic heterocycles. The van der Waals surface area contributed by atoms with Crippen molar-refractivity contribution in [2.75, 3.05) is 12.4 Å². The van der Waals surface area contributed by atoms with Gasteiger partial charge in [-0.2, -0.15) is 8.42 Å². The summed E-state index contributed by atoms with van der Waals surface area (Å²) in [5.41, 5.74) is 2.13. The van der Waals surface area contributed by atoms with E-state index in [4.69, 9.17) is 9.29 Å². The van der Waals surface area contributed by atoms with Crippen LogP contribution in [-0.4, -0.2) is 42.4 Å². The maximum atomic E-state index is 11.6. The second-order valence-corrected chi connectivity index (χ2v) is 8.46. The molecule has 0 spiro atoms. The Morgan fingerprint density at radius 2 is 2.17 bits per heavy atom. The monoisotopic (exact) mass is 358 g/mol. The minimum absolute atomic E-state index is 0.0247. The molecular weight excluding hydrogens is 340 g/mol. The lowest BCUT2D eigenvalue weighted by atomic mass is 10.1. The fraction of sp³-hybridized carbons (Fsp3) is 0.357. The first kappa shape index (κ1) is 17.6. The third kappa shape index (κ3) is 5.77. The number of benzene rings is 1. The fourth-order valence-corrected chi connectivity index (χ4v) is 3.40. The van der Waals surface area contributed by atoms with E-state index in [1.165, 1.54) is 0 Å². The molecule has 7 nitrogen and oxygen atoms in total. The topological polar surface area (TPSA) is 108 Å². The number of ether oxygens (including phenoxy) is 1. The Balaban J connectivity index is 1.78. The Kier molecular flexibility index (Phi) is 5.91. The van der Waals surface area contributed by atoms with Crippen molar-refractivity contribution in [2.45, 2.75) is 19.4 Å². The average molecular weight is 358 g/mol. The molecule has 0 saturated carbocycles. The predicted octanol–water partition coefficient (Wildman–Crippen LogP) is 2.36. The number of para-hydroxylation sites is 1. The lowest BCUT2D eigenvalue weighted by Gasteiger charge is -2.13. The molecule has 1 aromatic heterocycles. The van der Waals surface area contributed by atoms with E-state index in [2.05, 4.69) is 10.3 Å². The summed E-state index contributed by atoms with van der Waals surface area (Å²) in [5.74, 6) is -0.0247. The number of carbonyl (C=O) groups excluding carboxylic acids is 1. The number of aromatic nitrogens is 1. The number of alkyl carbamates (subject to hydrolysis) is 1. The highest BCUT2D eigenvalue weighted by molar-refractivity contribution is 8.69. The number of aromatic amines is 1. The van der Waals surface area contributed by atoms with Crippen molar-refractivity contribution >= 4 is 36.9 Å². The Labute approximate surface area is 137 Å². The predicted molar refractivity (Wildman–Crippen MR) is 90.0 cm³/mol. The van der Waals surface area contributed by atoms with Crippen LogP contribution in [-0.2, 0) is 20.3 Å². The maximum Gasteiger partial charge on any atom is 0.407 e. The molecule has 23 heavy (non-hydrogen) atoms. The largest absolute Gasteiger partial charge is 0.449 e. The van der Waals surface area contributed by atoms with Gasteiger partial charge in [0.1, 0.15) is 6.61 Å². The lowest BCUT2D eigenvalue weighted by molar-refractivity contribution is 0.150. The molecule has 0 saturated heterocycles. The molecule has 1 atom stereocenters. The van der Waals surface area contributed by atoms with Crippen molar-refractivity contribution in [3.8, 4) is 0 Å². The molecule has 0 aliphatic rings. The van der Waals surface area contributed by atoms with Crippen molar-refractivity contribution in [1.29, 1.82) is 0 Å². The number of fused-ring (bicyclic) bond motifs is 1. The van der Waals surface area contributed by atoms with E-state index in [0.29, 0.717) is 17.2 Å². The average Bonchev–Trinajstić information content (AvgIpc) is 2.86. The van der Waals surface area contributed by atoms with E-state index < -0.39 is 15.2 Å². The van der Waals surface area contributed by atoms with Gasteiger partial charge in [-0.1, -0.05) is 18.2 Å². The minimum Gasteiger partial charge on any atom is -0.449 e. The van der Waals surface area contributed by atoms with Gasteiger partial charge < -0.3 is 15.0 Å². The molecule has 1 aromatic carbocycles. The Morgan fingerprint density at radius 1 is 1.43 bits per heavy atom. The van der Waals surface area contributed by atoms with Gasteiger partial charge in [-0.3, -0.25) is 4.55 Å². The smallest absolute Gasteiger partial charge is 0.407 e. The van der Waals surface area contributed by atoms with Crippen LogP contribution < -0.4 is 5.32 Å². The van der Waals surface area contributed by atoms with Gasteiger partial charge in [0.2, 0.25) is 0 Å². The van der Waals surface area contributed by atoms with E-state index in [1.54, 1.807) is 0 Å².